The van der Waals surface area contributed by atoms with E-state index in [0.29, 0.717) is 5.92 Å². The molecule has 1 unspecified atom stereocenters. The molecule has 0 aliphatic heterocycles. The predicted octanol–water partition coefficient (Wildman–Crippen LogP) is 3.67. The van der Waals surface area contributed by atoms with Gasteiger partial charge in [-0.25, -0.2) is 0 Å². The van der Waals surface area contributed by atoms with Crippen molar-refractivity contribution in [2.24, 2.45) is 5.92 Å². The summed E-state index contributed by atoms with van der Waals surface area (Å²) in [5, 5.41) is 9.91. The molecule has 0 aliphatic carbocycles. The van der Waals surface area contributed by atoms with Gasteiger partial charge in [0.2, 0.25) is 0 Å². The Morgan fingerprint density at radius 2 is 1.81 bits per heavy atom. The van der Waals surface area contributed by atoms with Gasteiger partial charge in [-0.2, -0.15) is 11.8 Å². The molecular weight excluding hydrogens is 216 g/mol. The van der Waals surface area contributed by atoms with E-state index < -0.39 is 0 Å². The van der Waals surface area contributed by atoms with E-state index in [-0.39, 0.29) is 6.10 Å². The lowest BCUT2D eigenvalue weighted by molar-refractivity contribution is 0.175. The quantitative estimate of drug-likeness (QED) is 0.816. The van der Waals surface area contributed by atoms with Gasteiger partial charge in [-0.05, 0) is 41.9 Å². The van der Waals surface area contributed by atoms with Gasteiger partial charge in [-0.1, -0.05) is 38.1 Å². The summed E-state index contributed by atoms with van der Waals surface area (Å²) in [6.07, 6.45) is 3.71. The number of benzene rings is 1. The third-order valence-electron chi connectivity index (χ3n) is 2.60. The van der Waals surface area contributed by atoms with Crippen LogP contribution in [0.1, 0.15) is 37.5 Å². The molecule has 0 saturated carbocycles. The van der Waals surface area contributed by atoms with Crippen molar-refractivity contribution in [3.63, 3.8) is 0 Å². The van der Waals surface area contributed by atoms with E-state index in [4.69, 9.17) is 0 Å². The fourth-order valence-electron chi connectivity index (χ4n) is 1.74. The zero-order chi connectivity index (χ0) is 12.0. The van der Waals surface area contributed by atoms with Crippen molar-refractivity contribution in [3.8, 4) is 0 Å². The van der Waals surface area contributed by atoms with E-state index >= 15 is 0 Å². The Labute approximate surface area is 103 Å². The van der Waals surface area contributed by atoms with E-state index in [1.54, 1.807) is 11.8 Å². The number of hydrogen-bond donors (Lipinski definition) is 1. The highest BCUT2D eigenvalue weighted by Crippen LogP contribution is 2.19. The monoisotopic (exact) mass is 238 g/mol. The Bertz CT molecular complexity index is 292. The molecule has 0 heterocycles. The van der Waals surface area contributed by atoms with Crippen molar-refractivity contribution in [2.75, 3.05) is 12.0 Å². The Balaban J connectivity index is 2.56. The number of thioether (sulfide) groups is 1. The van der Waals surface area contributed by atoms with Gasteiger partial charge in [0.05, 0.1) is 6.10 Å². The molecule has 1 aromatic rings. The minimum atomic E-state index is -0.305. The van der Waals surface area contributed by atoms with Crippen LogP contribution in [0.25, 0.3) is 0 Å². The molecule has 0 amide bonds. The van der Waals surface area contributed by atoms with Crippen LogP contribution in [-0.2, 0) is 6.42 Å². The first-order valence-electron chi connectivity index (χ1n) is 5.89. The first kappa shape index (κ1) is 13.6. The summed E-state index contributed by atoms with van der Waals surface area (Å²) >= 11 is 1.78. The van der Waals surface area contributed by atoms with Crippen molar-refractivity contribution in [1.29, 1.82) is 0 Å². The Morgan fingerprint density at radius 3 is 2.31 bits per heavy atom. The zero-order valence-corrected chi connectivity index (χ0v) is 11.3. The van der Waals surface area contributed by atoms with Crippen LogP contribution >= 0.6 is 11.8 Å². The minimum absolute atomic E-state index is 0.305. The largest absolute Gasteiger partial charge is 0.388 e. The smallest absolute Gasteiger partial charge is 0.0797 e. The molecule has 0 aliphatic rings. The molecule has 90 valence electrons. The maximum absolute atomic E-state index is 9.91. The van der Waals surface area contributed by atoms with Gasteiger partial charge in [0.15, 0.2) is 0 Å². The summed E-state index contributed by atoms with van der Waals surface area (Å²) in [7, 11) is 0. The van der Waals surface area contributed by atoms with Crippen molar-refractivity contribution in [3.05, 3.63) is 35.4 Å². The number of aliphatic hydroxyl groups excluding tert-OH is 1. The summed E-state index contributed by atoms with van der Waals surface area (Å²) in [4.78, 5) is 0. The molecule has 2 heteroatoms. The second-order valence-corrected chi connectivity index (χ2v) is 5.62. The first-order chi connectivity index (χ1) is 7.63. The third-order valence-corrected chi connectivity index (χ3v) is 3.25. The highest BCUT2D eigenvalue weighted by atomic mass is 32.2. The van der Waals surface area contributed by atoms with Crippen molar-refractivity contribution in [2.45, 2.75) is 32.8 Å². The van der Waals surface area contributed by atoms with Crippen LogP contribution in [0.15, 0.2) is 24.3 Å². The van der Waals surface area contributed by atoms with Crippen LogP contribution in [0.2, 0.25) is 0 Å². The molecule has 0 spiro atoms. The highest BCUT2D eigenvalue weighted by molar-refractivity contribution is 7.98. The van der Waals surface area contributed by atoms with Crippen LogP contribution < -0.4 is 0 Å². The molecule has 0 saturated heterocycles. The molecule has 1 aromatic carbocycles. The van der Waals surface area contributed by atoms with Gasteiger partial charge < -0.3 is 5.11 Å². The van der Waals surface area contributed by atoms with Crippen LogP contribution in [-0.4, -0.2) is 17.1 Å². The van der Waals surface area contributed by atoms with Gasteiger partial charge in [0, 0.05) is 0 Å². The lowest BCUT2D eigenvalue weighted by Gasteiger charge is -2.11. The number of rotatable bonds is 6. The van der Waals surface area contributed by atoms with E-state index in [0.717, 1.165) is 24.2 Å². The van der Waals surface area contributed by atoms with Gasteiger partial charge in [0.25, 0.3) is 0 Å². The fraction of sp³-hybridized carbons (Fsp3) is 0.571. The average Bonchev–Trinajstić information content (AvgIpc) is 2.26. The molecule has 1 N–H and O–H groups in total. The van der Waals surface area contributed by atoms with Crippen LogP contribution in [0, 0.1) is 5.92 Å². The standard InChI is InChI=1S/C14H22OS/c1-11(2)10-12-4-6-13(7-5-12)14(15)8-9-16-3/h4-7,11,14-15H,8-10H2,1-3H3. The van der Waals surface area contributed by atoms with Gasteiger partial charge >= 0.3 is 0 Å². The van der Waals surface area contributed by atoms with E-state index in [9.17, 15) is 5.11 Å². The second-order valence-electron chi connectivity index (χ2n) is 4.64. The normalized spacial score (nSPS) is 13.1. The Kier molecular flexibility index (Phi) is 5.93. The zero-order valence-electron chi connectivity index (χ0n) is 10.4. The lowest BCUT2D eigenvalue weighted by Crippen LogP contribution is -2.00. The molecule has 0 bridgehead atoms. The minimum Gasteiger partial charge on any atom is -0.388 e. The van der Waals surface area contributed by atoms with Crippen LogP contribution in [0.4, 0.5) is 0 Å². The Morgan fingerprint density at radius 1 is 1.19 bits per heavy atom. The van der Waals surface area contributed by atoms with Crippen molar-refractivity contribution in [1.82, 2.24) is 0 Å². The van der Waals surface area contributed by atoms with Crippen molar-refractivity contribution < 1.29 is 5.11 Å². The molecular formula is C14H22OS. The predicted molar refractivity (Wildman–Crippen MR) is 72.9 cm³/mol. The van der Waals surface area contributed by atoms with E-state index in [1.165, 1.54) is 5.56 Å². The number of aliphatic hydroxyl groups is 1. The third kappa shape index (κ3) is 4.58. The maximum Gasteiger partial charge on any atom is 0.0797 e. The first-order valence-corrected chi connectivity index (χ1v) is 7.28. The highest BCUT2D eigenvalue weighted by Gasteiger charge is 2.06. The summed E-state index contributed by atoms with van der Waals surface area (Å²) in [5.74, 6) is 1.70. The number of hydrogen-bond acceptors (Lipinski definition) is 2. The van der Waals surface area contributed by atoms with E-state index in [2.05, 4.69) is 44.4 Å². The van der Waals surface area contributed by atoms with Crippen LogP contribution in [0.3, 0.4) is 0 Å². The molecule has 0 radical (unpaired) electrons. The Hall–Kier alpha value is -0.470. The summed E-state index contributed by atoms with van der Waals surface area (Å²) in [6, 6.07) is 8.39. The fourth-order valence-corrected chi connectivity index (χ4v) is 2.20. The molecule has 0 fully saturated rings. The molecule has 16 heavy (non-hydrogen) atoms. The molecule has 1 nitrogen and oxygen atoms in total. The van der Waals surface area contributed by atoms with Gasteiger partial charge in [0.1, 0.15) is 0 Å². The topological polar surface area (TPSA) is 20.2 Å². The summed E-state index contributed by atoms with van der Waals surface area (Å²) in [5.41, 5.74) is 2.40. The van der Waals surface area contributed by atoms with E-state index in [1.807, 2.05) is 0 Å². The lowest BCUT2D eigenvalue weighted by atomic mass is 10.00. The average molecular weight is 238 g/mol. The summed E-state index contributed by atoms with van der Waals surface area (Å²) < 4.78 is 0. The maximum atomic E-state index is 9.91. The molecule has 1 rings (SSSR count). The van der Waals surface area contributed by atoms with Crippen molar-refractivity contribution >= 4 is 11.8 Å². The van der Waals surface area contributed by atoms with Gasteiger partial charge in [-0.3, -0.25) is 0 Å². The van der Waals surface area contributed by atoms with Crippen LogP contribution in [0.5, 0.6) is 0 Å². The molecule has 1 atom stereocenters. The van der Waals surface area contributed by atoms with Gasteiger partial charge in [-0.15, -0.1) is 0 Å². The second kappa shape index (κ2) is 6.97. The molecule has 0 aromatic heterocycles. The summed E-state index contributed by atoms with van der Waals surface area (Å²) in [6.45, 7) is 4.45. The SMILES string of the molecule is CSCCC(O)c1ccc(CC(C)C)cc1.